The maximum atomic E-state index is 14.3. The molecule has 0 spiro atoms. The number of ether oxygens (including phenoxy) is 5. The van der Waals surface area contributed by atoms with Crippen LogP contribution in [0.15, 0.2) is 23.3 Å². The summed E-state index contributed by atoms with van der Waals surface area (Å²) in [6, 6.07) is -1.12. The van der Waals surface area contributed by atoms with E-state index in [9.17, 15) is 29.4 Å². The first-order valence-corrected chi connectivity index (χ1v) is 21.2. The molecule has 12 nitrogen and oxygen atoms in total. The Morgan fingerprint density at radius 3 is 2.27 bits per heavy atom. The number of esters is 1. The molecule has 2 bridgehead atoms. The first-order valence-electron chi connectivity index (χ1n) is 20.7. The van der Waals surface area contributed by atoms with Crippen LogP contribution in [0.5, 0.6) is 0 Å². The molecule has 0 aromatic heterocycles. The highest BCUT2D eigenvalue weighted by Gasteiger charge is 2.56. The highest BCUT2D eigenvalue weighted by molar-refractivity contribution is 6.39. The predicted octanol–water partition coefficient (Wildman–Crippen LogP) is 5.72. The molecule has 4 aliphatic rings. The molecule has 2 N–H and O–H groups in total. The van der Waals surface area contributed by atoms with Crippen molar-refractivity contribution in [2.75, 3.05) is 27.9 Å². The monoisotopic (exact) mass is 809 g/mol. The number of amides is 1. The number of halogens is 1. The van der Waals surface area contributed by atoms with Gasteiger partial charge in [0.1, 0.15) is 24.0 Å². The first-order chi connectivity index (χ1) is 26.5. The highest BCUT2D eigenvalue weighted by atomic mass is 35.5. The van der Waals surface area contributed by atoms with Crippen LogP contribution < -0.4 is 0 Å². The molecule has 13 heteroatoms. The van der Waals surface area contributed by atoms with E-state index in [0.717, 1.165) is 18.4 Å². The van der Waals surface area contributed by atoms with E-state index in [-0.39, 0.29) is 54.9 Å². The van der Waals surface area contributed by atoms with Crippen LogP contribution in [0.3, 0.4) is 0 Å². The molecule has 2 saturated heterocycles. The van der Waals surface area contributed by atoms with Gasteiger partial charge in [-0.1, -0.05) is 45.4 Å². The molecular weight excluding hydrogens is 742 g/mol. The number of ketones is 2. The number of aliphatic hydroxyl groups excluding tert-OH is 1. The van der Waals surface area contributed by atoms with Crippen LogP contribution >= 0.6 is 11.6 Å². The van der Waals surface area contributed by atoms with Gasteiger partial charge in [0.05, 0.1) is 29.8 Å². The minimum atomic E-state index is -2.49. The van der Waals surface area contributed by atoms with Gasteiger partial charge in [0.2, 0.25) is 5.79 Å². The molecule has 14 atom stereocenters. The zero-order chi connectivity index (χ0) is 41.5. The number of carbonyl (C=O) groups excluding carboxylic acids is 4. The van der Waals surface area contributed by atoms with Crippen LogP contribution in [0.2, 0.25) is 0 Å². The maximum absolute atomic E-state index is 14.3. The molecule has 318 valence electrons. The molecule has 0 aromatic rings. The fourth-order valence-electron chi connectivity index (χ4n) is 9.36. The fraction of sp³-hybridized carbons (Fsp3) is 0.814. The van der Waals surface area contributed by atoms with Crippen LogP contribution in [0, 0.1) is 29.6 Å². The van der Waals surface area contributed by atoms with Crippen molar-refractivity contribution in [3.05, 3.63) is 23.3 Å². The first kappa shape index (κ1) is 46.5. The Morgan fingerprint density at radius 2 is 1.62 bits per heavy atom. The Bertz CT molecular complexity index is 1440. The van der Waals surface area contributed by atoms with Gasteiger partial charge >= 0.3 is 5.97 Å². The quantitative estimate of drug-likeness (QED) is 0.146. The molecule has 1 saturated carbocycles. The standard InChI is InChI=1S/C43H68ClNO11/c1-10-30-18-24(2)17-25(3)19-36(53-8)39-37(54-9)21-27(5)43(51,56-39)40(48)41(49)45-16-12-11-13-32(45)42(50)55-38(28(6)33(46)23-34(30)47)26(4)20-29-14-15-31(44)35(22-29)52-7/h18,20,25,27-33,35-39,46,51H,10-17,19,21-23H2,1-9H3/b24-18+,26-20+/t25-,27+,28+,29-,30+,31-,32+,33+,35+,36-,37+,38+,39+,43+/m0/s1. The van der Waals surface area contributed by atoms with Crippen molar-refractivity contribution >= 4 is 35.0 Å². The third-order valence-corrected chi connectivity index (χ3v) is 13.3. The molecule has 4 rings (SSSR count). The number of fused-ring (bicyclic) bond motifs is 3. The normalized spacial score (nSPS) is 41.6. The molecule has 3 fully saturated rings. The number of carbonyl (C=O) groups is 4. The Labute approximate surface area is 339 Å². The second-order valence-electron chi connectivity index (χ2n) is 17.1. The van der Waals surface area contributed by atoms with E-state index in [4.69, 9.17) is 35.3 Å². The summed E-state index contributed by atoms with van der Waals surface area (Å²) < 4.78 is 29.9. The third-order valence-electron chi connectivity index (χ3n) is 12.8. The number of alkyl halides is 1. The minimum Gasteiger partial charge on any atom is -0.456 e. The molecule has 0 unspecified atom stereocenters. The fourth-order valence-corrected chi connectivity index (χ4v) is 9.69. The Hall–Kier alpha value is -2.19. The number of aliphatic hydroxyl groups is 2. The maximum Gasteiger partial charge on any atom is 0.329 e. The van der Waals surface area contributed by atoms with Crippen molar-refractivity contribution in [1.82, 2.24) is 4.90 Å². The van der Waals surface area contributed by atoms with Crippen LogP contribution in [0.25, 0.3) is 0 Å². The van der Waals surface area contributed by atoms with E-state index < -0.39 is 77.8 Å². The molecule has 0 aromatic carbocycles. The van der Waals surface area contributed by atoms with Crippen LogP contribution in [-0.2, 0) is 42.9 Å². The number of hydrogen-bond acceptors (Lipinski definition) is 11. The summed E-state index contributed by atoms with van der Waals surface area (Å²) in [6.45, 7) is 11.3. The zero-order valence-corrected chi connectivity index (χ0v) is 35.8. The van der Waals surface area contributed by atoms with Gasteiger partial charge < -0.3 is 38.8 Å². The van der Waals surface area contributed by atoms with Crippen molar-refractivity contribution in [3.63, 3.8) is 0 Å². The SMILES string of the molecule is CC[C@@H]1/C=C(\C)C[C@H](C)C[C@H](OC)[C@H]2O[C@@](O)(C(=O)C(=O)N3CCCC[C@@H]3C(=O)O[C@H](/C(C)=C/[C@@H]3CC[C@H](Cl)[C@H](OC)C3)[C@H](C)[C@H](O)CC1=O)[C@H](C)C[C@H]2OC. The van der Waals surface area contributed by atoms with Gasteiger partial charge in [-0.15, -0.1) is 11.6 Å². The summed E-state index contributed by atoms with van der Waals surface area (Å²) in [5.74, 6) is -7.31. The van der Waals surface area contributed by atoms with E-state index in [1.165, 1.54) is 19.1 Å². The van der Waals surface area contributed by atoms with Gasteiger partial charge in [0, 0.05) is 52.0 Å². The number of rotatable bonds is 6. The summed E-state index contributed by atoms with van der Waals surface area (Å²) in [7, 11) is 4.71. The van der Waals surface area contributed by atoms with Gasteiger partial charge in [0.25, 0.3) is 11.7 Å². The average Bonchev–Trinajstić information content (AvgIpc) is 3.18. The van der Waals surface area contributed by atoms with E-state index in [1.807, 2.05) is 32.9 Å². The van der Waals surface area contributed by atoms with E-state index in [2.05, 4.69) is 6.92 Å². The Kier molecular flexibility index (Phi) is 17.2. The van der Waals surface area contributed by atoms with Crippen molar-refractivity contribution in [3.8, 4) is 0 Å². The second kappa shape index (κ2) is 20.7. The van der Waals surface area contributed by atoms with Gasteiger partial charge in [0.15, 0.2) is 0 Å². The predicted molar refractivity (Wildman–Crippen MR) is 212 cm³/mol. The number of hydrogen-bond donors (Lipinski definition) is 2. The summed E-state index contributed by atoms with van der Waals surface area (Å²) in [4.78, 5) is 57.7. The average molecular weight is 810 g/mol. The molecule has 1 aliphatic carbocycles. The molecule has 0 radical (unpaired) electrons. The van der Waals surface area contributed by atoms with Crippen molar-refractivity contribution < 1.29 is 53.1 Å². The van der Waals surface area contributed by atoms with Crippen molar-refractivity contribution in [1.29, 1.82) is 0 Å². The lowest BCUT2D eigenvalue weighted by Crippen LogP contribution is -2.64. The number of methoxy groups -OCH3 is 3. The van der Waals surface area contributed by atoms with Crippen LogP contribution in [0.4, 0.5) is 0 Å². The van der Waals surface area contributed by atoms with E-state index >= 15 is 0 Å². The summed E-state index contributed by atoms with van der Waals surface area (Å²) in [5, 5.41) is 23.6. The molecular formula is C43H68ClNO11. The number of cyclic esters (lactones) is 1. The van der Waals surface area contributed by atoms with Crippen molar-refractivity contribution in [2.45, 2.75) is 166 Å². The lowest BCUT2D eigenvalue weighted by atomic mass is 9.82. The number of allylic oxidation sites excluding steroid dienone is 3. The number of piperidine rings is 1. The number of Topliss-reactive ketones (excluding diaryl/α,β-unsaturated/α-hetero) is 2. The second-order valence-corrected chi connectivity index (χ2v) is 17.7. The van der Waals surface area contributed by atoms with Crippen LogP contribution in [0.1, 0.15) is 112 Å². The van der Waals surface area contributed by atoms with Gasteiger partial charge in [-0.3, -0.25) is 14.4 Å². The van der Waals surface area contributed by atoms with Gasteiger partial charge in [-0.05, 0) is 95.5 Å². The Morgan fingerprint density at radius 1 is 0.964 bits per heavy atom. The molecule has 3 aliphatic heterocycles. The van der Waals surface area contributed by atoms with E-state index in [0.29, 0.717) is 44.1 Å². The summed E-state index contributed by atoms with van der Waals surface area (Å²) in [5.41, 5.74) is 1.71. The molecule has 3 heterocycles. The van der Waals surface area contributed by atoms with Gasteiger partial charge in [-0.25, -0.2) is 4.79 Å². The minimum absolute atomic E-state index is 0.0425. The highest BCUT2D eigenvalue weighted by Crippen LogP contribution is 2.39. The van der Waals surface area contributed by atoms with Crippen molar-refractivity contribution in [2.24, 2.45) is 29.6 Å². The largest absolute Gasteiger partial charge is 0.456 e. The van der Waals surface area contributed by atoms with Gasteiger partial charge in [-0.2, -0.15) is 0 Å². The lowest BCUT2D eigenvalue weighted by molar-refractivity contribution is -0.302. The lowest BCUT2D eigenvalue weighted by Gasteiger charge is -2.47. The zero-order valence-electron chi connectivity index (χ0n) is 35.0. The molecule has 56 heavy (non-hydrogen) atoms. The summed E-state index contributed by atoms with van der Waals surface area (Å²) in [6.07, 6.45) is 5.16. The summed E-state index contributed by atoms with van der Waals surface area (Å²) >= 11 is 6.52. The topological polar surface area (TPSA) is 158 Å². The number of nitrogens with zero attached hydrogens (tertiary/aromatic N) is 1. The molecule has 1 amide bonds. The van der Waals surface area contributed by atoms with Crippen LogP contribution in [-0.4, -0.2) is 120 Å². The smallest absolute Gasteiger partial charge is 0.329 e. The van der Waals surface area contributed by atoms with E-state index in [1.54, 1.807) is 21.0 Å². The Balaban J connectivity index is 1.76. The third kappa shape index (κ3) is 10.9.